The molecule has 1 atom stereocenters. The van der Waals surface area contributed by atoms with Crippen LogP contribution < -0.4 is 5.32 Å². The smallest absolute Gasteiger partial charge is 0.225 e. The second kappa shape index (κ2) is 8.26. The number of rotatable bonds is 6. The van der Waals surface area contributed by atoms with Crippen molar-refractivity contribution in [2.75, 3.05) is 7.05 Å². The first-order valence-corrected chi connectivity index (χ1v) is 8.61. The number of hydrogen-bond donors (Lipinski definition) is 1. The van der Waals surface area contributed by atoms with Crippen LogP contribution in [0, 0.1) is 5.82 Å². The summed E-state index contributed by atoms with van der Waals surface area (Å²) in [6.07, 6.45) is 0.0999. The van der Waals surface area contributed by atoms with Gasteiger partial charge in [-0.1, -0.05) is 23.7 Å². The summed E-state index contributed by atoms with van der Waals surface area (Å²) in [5.74, 6) is -0.860. The summed E-state index contributed by atoms with van der Waals surface area (Å²) in [6.45, 7) is 1.48. The van der Waals surface area contributed by atoms with Crippen molar-refractivity contribution in [3.63, 3.8) is 0 Å². The highest BCUT2D eigenvalue weighted by atomic mass is 35.5. The minimum Gasteiger partial charge on any atom is -0.348 e. The molecule has 0 aliphatic carbocycles. The van der Waals surface area contributed by atoms with Crippen LogP contribution in [0.1, 0.15) is 29.8 Å². The van der Waals surface area contributed by atoms with Gasteiger partial charge in [-0.15, -0.1) is 11.3 Å². The highest BCUT2D eigenvalue weighted by Crippen LogP contribution is 2.24. The van der Waals surface area contributed by atoms with Gasteiger partial charge in [0.05, 0.1) is 12.5 Å². The SMILES string of the molecule is CC(=O)NC(CC(=O)N(C)Cc1c(F)cccc1Cl)c1cccs1. The van der Waals surface area contributed by atoms with E-state index in [0.717, 1.165) is 4.88 Å². The monoisotopic (exact) mass is 368 g/mol. The Bertz CT molecular complexity index is 701. The number of nitrogens with zero attached hydrogens (tertiary/aromatic N) is 1. The predicted molar refractivity (Wildman–Crippen MR) is 93.4 cm³/mol. The van der Waals surface area contributed by atoms with Gasteiger partial charge in [-0.2, -0.15) is 0 Å². The first kappa shape index (κ1) is 18.4. The molecule has 0 bridgehead atoms. The summed E-state index contributed by atoms with van der Waals surface area (Å²) in [4.78, 5) is 26.2. The molecular weight excluding hydrogens is 351 g/mol. The van der Waals surface area contributed by atoms with Crippen molar-refractivity contribution in [2.24, 2.45) is 0 Å². The summed E-state index contributed by atoms with van der Waals surface area (Å²) in [6, 6.07) is 7.75. The van der Waals surface area contributed by atoms with Gasteiger partial charge in [0.25, 0.3) is 0 Å². The number of amides is 2. The van der Waals surface area contributed by atoms with Crippen LogP contribution in [-0.2, 0) is 16.1 Å². The Morgan fingerprint density at radius 2 is 2.08 bits per heavy atom. The van der Waals surface area contributed by atoms with E-state index in [-0.39, 0.29) is 35.4 Å². The number of thiophene rings is 1. The molecular formula is C17H18ClFN2O2S. The molecule has 4 nitrogen and oxygen atoms in total. The first-order valence-electron chi connectivity index (χ1n) is 7.36. The lowest BCUT2D eigenvalue weighted by Crippen LogP contribution is -2.33. The lowest BCUT2D eigenvalue weighted by Gasteiger charge is -2.22. The summed E-state index contributed by atoms with van der Waals surface area (Å²) in [5.41, 5.74) is 0.280. The second-order valence-electron chi connectivity index (χ2n) is 5.42. The first-order chi connectivity index (χ1) is 11.4. The van der Waals surface area contributed by atoms with Crippen LogP contribution in [0.25, 0.3) is 0 Å². The number of nitrogens with one attached hydrogen (secondary N) is 1. The minimum atomic E-state index is -0.446. The number of hydrogen-bond acceptors (Lipinski definition) is 3. The zero-order valence-corrected chi connectivity index (χ0v) is 15.0. The molecule has 0 radical (unpaired) electrons. The fraction of sp³-hybridized carbons (Fsp3) is 0.294. The van der Waals surface area contributed by atoms with Gasteiger partial charge in [0, 0.05) is 36.0 Å². The van der Waals surface area contributed by atoms with Crippen molar-refractivity contribution in [1.82, 2.24) is 10.2 Å². The predicted octanol–water partition coefficient (Wildman–Crippen LogP) is 3.77. The van der Waals surface area contributed by atoms with Crippen molar-refractivity contribution in [3.8, 4) is 0 Å². The van der Waals surface area contributed by atoms with E-state index in [4.69, 9.17) is 11.6 Å². The maximum Gasteiger partial charge on any atom is 0.225 e. The fourth-order valence-corrected chi connectivity index (χ4v) is 3.30. The quantitative estimate of drug-likeness (QED) is 0.843. The molecule has 0 saturated heterocycles. The molecule has 7 heteroatoms. The van der Waals surface area contributed by atoms with Gasteiger partial charge in [-0.3, -0.25) is 9.59 Å². The summed E-state index contributed by atoms with van der Waals surface area (Å²) >= 11 is 7.47. The molecule has 1 aromatic heterocycles. The minimum absolute atomic E-state index is 0.0710. The Morgan fingerprint density at radius 3 is 2.67 bits per heavy atom. The highest BCUT2D eigenvalue weighted by Gasteiger charge is 2.21. The van der Waals surface area contributed by atoms with E-state index in [0.29, 0.717) is 0 Å². The van der Waals surface area contributed by atoms with E-state index in [2.05, 4.69) is 5.32 Å². The average molecular weight is 369 g/mol. The Kier molecular flexibility index (Phi) is 6.34. The zero-order chi connectivity index (χ0) is 17.7. The van der Waals surface area contributed by atoms with Crippen LogP contribution >= 0.6 is 22.9 Å². The summed E-state index contributed by atoms with van der Waals surface area (Å²) < 4.78 is 13.9. The van der Waals surface area contributed by atoms with Gasteiger partial charge in [0.2, 0.25) is 11.8 Å². The van der Waals surface area contributed by atoms with Crippen molar-refractivity contribution in [1.29, 1.82) is 0 Å². The van der Waals surface area contributed by atoms with E-state index in [1.807, 2.05) is 17.5 Å². The fourth-order valence-electron chi connectivity index (χ4n) is 2.30. The van der Waals surface area contributed by atoms with E-state index >= 15 is 0 Å². The third-order valence-corrected chi connectivity index (χ3v) is 4.87. The third-order valence-electron chi connectivity index (χ3n) is 3.53. The largest absolute Gasteiger partial charge is 0.348 e. The van der Waals surface area contributed by atoms with E-state index < -0.39 is 11.9 Å². The highest BCUT2D eigenvalue weighted by molar-refractivity contribution is 7.10. The standard InChI is InChI=1S/C17H18ClFN2O2S/c1-11(22)20-15(16-7-4-8-24-16)9-17(23)21(2)10-12-13(18)5-3-6-14(12)19/h3-8,15H,9-10H2,1-2H3,(H,20,22). The van der Waals surface area contributed by atoms with Gasteiger partial charge < -0.3 is 10.2 Å². The Labute approximate surface area is 149 Å². The topological polar surface area (TPSA) is 49.4 Å². The molecule has 2 rings (SSSR count). The van der Waals surface area contributed by atoms with Crippen molar-refractivity contribution >= 4 is 34.8 Å². The normalized spacial score (nSPS) is 11.8. The van der Waals surface area contributed by atoms with E-state index in [9.17, 15) is 14.0 Å². The second-order valence-corrected chi connectivity index (χ2v) is 6.81. The molecule has 0 aliphatic heterocycles. The van der Waals surface area contributed by atoms with Gasteiger partial charge in [-0.25, -0.2) is 4.39 Å². The number of benzene rings is 1. The van der Waals surface area contributed by atoms with Crippen molar-refractivity contribution in [2.45, 2.75) is 25.9 Å². The van der Waals surface area contributed by atoms with Crippen LogP contribution in [-0.4, -0.2) is 23.8 Å². The van der Waals surface area contributed by atoms with Crippen LogP contribution in [0.2, 0.25) is 5.02 Å². The molecule has 0 aliphatic rings. The summed E-state index contributed by atoms with van der Waals surface area (Å²) in [7, 11) is 1.59. The third kappa shape index (κ3) is 4.79. The summed E-state index contributed by atoms with van der Waals surface area (Å²) in [5, 5.41) is 4.95. The molecule has 0 fully saturated rings. The average Bonchev–Trinajstić information content (AvgIpc) is 3.04. The van der Waals surface area contributed by atoms with Gasteiger partial charge in [-0.05, 0) is 23.6 Å². The maximum absolute atomic E-state index is 13.9. The lowest BCUT2D eigenvalue weighted by atomic mass is 10.1. The van der Waals surface area contributed by atoms with Crippen LogP contribution in [0.3, 0.4) is 0 Å². The maximum atomic E-state index is 13.9. The molecule has 1 heterocycles. The number of carbonyl (C=O) groups is 2. The number of carbonyl (C=O) groups excluding carboxylic acids is 2. The number of halogens is 2. The van der Waals surface area contributed by atoms with E-state index in [1.165, 1.54) is 35.3 Å². The van der Waals surface area contributed by atoms with Crippen LogP contribution in [0.4, 0.5) is 4.39 Å². The molecule has 24 heavy (non-hydrogen) atoms. The van der Waals surface area contributed by atoms with Crippen molar-refractivity contribution in [3.05, 3.63) is 57.0 Å². The Hall–Kier alpha value is -1.92. The molecule has 2 aromatic rings. The van der Waals surface area contributed by atoms with Gasteiger partial charge in [0.1, 0.15) is 5.82 Å². The molecule has 1 N–H and O–H groups in total. The zero-order valence-electron chi connectivity index (χ0n) is 13.4. The molecule has 0 saturated carbocycles. The van der Waals surface area contributed by atoms with E-state index in [1.54, 1.807) is 13.1 Å². The molecule has 2 amide bonds. The Morgan fingerprint density at radius 1 is 1.33 bits per heavy atom. The molecule has 1 unspecified atom stereocenters. The molecule has 1 aromatic carbocycles. The van der Waals surface area contributed by atoms with Gasteiger partial charge in [0.15, 0.2) is 0 Å². The Balaban J connectivity index is 2.07. The van der Waals surface area contributed by atoms with Crippen LogP contribution in [0.15, 0.2) is 35.7 Å². The molecule has 128 valence electrons. The van der Waals surface area contributed by atoms with Crippen molar-refractivity contribution < 1.29 is 14.0 Å². The molecule has 0 spiro atoms. The lowest BCUT2D eigenvalue weighted by molar-refractivity contribution is -0.131. The van der Waals surface area contributed by atoms with Crippen LogP contribution in [0.5, 0.6) is 0 Å². The van der Waals surface area contributed by atoms with Gasteiger partial charge >= 0.3 is 0 Å².